The molecular formula is C32H44N3O13PS. The molecule has 50 heavy (non-hydrogen) atoms. The molecule has 16 nitrogen and oxygen atoms in total. The number of nitrogens with one attached hydrogen (secondary N) is 1. The molecule has 0 unspecified atom stereocenters. The number of aliphatic hydroxyl groups is 1. The standard InChI is InChI=1S/C32H44N3O13PS/c1-44-24-6-8-26(9-7-24)50(42,43)35(17-23-10-13-34(20-36)14-11-23)18-29(37)28(16-22-2-4-25(5-3-22)47-21-49(39,40)41)33-32(38)48-30-19-46-31-27(30)12-15-45-31/h2-9,20,23,27-31,37H,10-19,21H2,1H3,(H,33,38)(H2,39,40,41)/t27-,28-,29+,30-,31+/m0/s1. The lowest BCUT2D eigenvalue weighted by molar-refractivity contribution is -0.119. The number of amides is 2. The van der Waals surface area contributed by atoms with Gasteiger partial charge in [0, 0.05) is 26.2 Å². The van der Waals surface area contributed by atoms with Crippen LogP contribution >= 0.6 is 7.60 Å². The Balaban J connectivity index is 1.36. The quantitative estimate of drug-likeness (QED) is 0.142. The molecule has 0 aromatic heterocycles. The van der Waals surface area contributed by atoms with Crippen LogP contribution in [0.5, 0.6) is 11.5 Å². The number of ether oxygens (including phenoxy) is 5. The van der Waals surface area contributed by atoms with Crippen LogP contribution in [0.15, 0.2) is 53.4 Å². The zero-order chi connectivity index (χ0) is 35.9. The van der Waals surface area contributed by atoms with Crippen LogP contribution in [0.3, 0.4) is 0 Å². The van der Waals surface area contributed by atoms with Crippen LogP contribution in [0.1, 0.15) is 24.8 Å². The summed E-state index contributed by atoms with van der Waals surface area (Å²) in [7, 11) is -7.07. The Morgan fingerprint density at radius 1 is 1.08 bits per heavy atom. The van der Waals surface area contributed by atoms with Gasteiger partial charge in [-0.15, -0.1) is 0 Å². The van der Waals surface area contributed by atoms with E-state index in [9.17, 15) is 27.7 Å². The van der Waals surface area contributed by atoms with E-state index in [-0.39, 0.29) is 48.6 Å². The molecule has 0 aliphatic carbocycles. The number of carbonyl (C=O) groups excluding carboxylic acids is 2. The topological polar surface area (TPSA) is 211 Å². The number of alkyl carbamates (subject to hydrolysis) is 1. The second kappa shape index (κ2) is 16.8. The van der Waals surface area contributed by atoms with Gasteiger partial charge in [0.15, 0.2) is 12.6 Å². The van der Waals surface area contributed by atoms with Gasteiger partial charge in [-0.1, -0.05) is 12.1 Å². The molecule has 0 radical (unpaired) electrons. The van der Waals surface area contributed by atoms with E-state index in [2.05, 4.69) is 5.32 Å². The zero-order valence-electron chi connectivity index (χ0n) is 27.6. The molecule has 0 bridgehead atoms. The normalized spacial score (nSPS) is 22.5. The average molecular weight is 742 g/mol. The Morgan fingerprint density at radius 3 is 2.40 bits per heavy atom. The highest BCUT2D eigenvalue weighted by atomic mass is 32.2. The van der Waals surface area contributed by atoms with Gasteiger partial charge in [-0.05, 0) is 73.6 Å². The minimum Gasteiger partial charge on any atom is -0.497 e. The van der Waals surface area contributed by atoms with Gasteiger partial charge in [0.05, 0.1) is 43.3 Å². The summed E-state index contributed by atoms with van der Waals surface area (Å²) in [5.74, 6) is 0.461. The maximum absolute atomic E-state index is 14.1. The summed E-state index contributed by atoms with van der Waals surface area (Å²) in [5, 5.41) is 14.5. The number of fused-ring (bicyclic) bond motifs is 1. The van der Waals surface area contributed by atoms with E-state index in [4.69, 9.17) is 33.5 Å². The minimum absolute atomic E-state index is 0.000195. The Hall–Kier alpha value is -3.28. The number of methoxy groups -OCH3 is 1. The van der Waals surface area contributed by atoms with Crippen molar-refractivity contribution < 1.29 is 61.1 Å². The van der Waals surface area contributed by atoms with E-state index >= 15 is 0 Å². The van der Waals surface area contributed by atoms with Crippen molar-refractivity contribution in [2.75, 3.05) is 52.9 Å². The second-order valence-electron chi connectivity index (χ2n) is 12.7. The number of piperidine rings is 1. The van der Waals surface area contributed by atoms with Crippen LogP contribution in [0.4, 0.5) is 4.79 Å². The molecule has 3 heterocycles. The van der Waals surface area contributed by atoms with Gasteiger partial charge in [0.1, 0.15) is 17.6 Å². The first-order valence-corrected chi connectivity index (χ1v) is 19.6. The van der Waals surface area contributed by atoms with E-state index in [1.807, 2.05) is 0 Å². The lowest BCUT2D eigenvalue weighted by Gasteiger charge is -2.35. The van der Waals surface area contributed by atoms with Gasteiger partial charge in [-0.3, -0.25) is 9.36 Å². The number of carbonyl (C=O) groups is 2. The summed E-state index contributed by atoms with van der Waals surface area (Å²) in [4.78, 5) is 44.4. The number of likely N-dealkylation sites (tertiary alicyclic amines) is 1. The number of hydrogen-bond acceptors (Lipinski definition) is 11. The predicted octanol–water partition coefficient (Wildman–Crippen LogP) is 1.53. The van der Waals surface area contributed by atoms with Gasteiger partial charge < -0.3 is 48.8 Å². The summed E-state index contributed by atoms with van der Waals surface area (Å²) in [6.07, 6.45) is -1.42. The highest BCUT2D eigenvalue weighted by Gasteiger charge is 2.44. The fourth-order valence-electron chi connectivity index (χ4n) is 6.32. The van der Waals surface area contributed by atoms with Crippen molar-refractivity contribution in [3.8, 4) is 11.5 Å². The predicted molar refractivity (Wildman–Crippen MR) is 177 cm³/mol. The first-order chi connectivity index (χ1) is 23.8. The molecule has 5 atom stereocenters. The van der Waals surface area contributed by atoms with Crippen molar-refractivity contribution in [1.82, 2.24) is 14.5 Å². The van der Waals surface area contributed by atoms with E-state index < -0.39 is 54.6 Å². The molecule has 3 saturated heterocycles. The van der Waals surface area contributed by atoms with Gasteiger partial charge in [-0.25, -0.2) is 13.2 Å². The molecule has 2 amide bonds. The van der Waals surface area contributed by atoms with Crippen LogP contribution in [0, 0.1) is 11.8 Å². The molecule has 3 aliphatic heterocycles. The lowest BCUT2D eigenvalue weighted by Crippen LogP contribution is -2.52. The van der Waals surface area contributed by atoms with E-state index in [0.717, 1.165) is 6.41 Å². The van der Waals surface area contributed by atoms with E-state index in [0.29, 0.717) is 50.3 Å². The van der Waals surface area contributed by atoms with Crippen LogP contribution in [0.25, 0.3) is 0 Å². The Bertz CT molecular complexity index is 1580. The molecule has 2 aromatic rings. The minimum atomic E-state index is -4.40. The molecule has 2 aromatic carbocycles. The highest BCUT2D eigenvalue weighted by Crippen LogP contribution is 2.35. The maximum Gasteiger partial charge on any atom is 0.407 e. The molecule has 4 N–H and O–H groups in total. The van der Waals surface area contributed by atoms with Gasteiger partial charge in [0.25, 0.3) is 0 Å². The Labute approximate surface area is 290 Å². The maximum atomic E-state index is 14.1. The van der Waals surface area contributed by atoms with Crippen molar-refractivity contribution in [1.29, 1.82) is 0 Å². The molecule has 3 aliphatic rings. The molecule has 5 rings (SSSR count). The van der Waals surface area contributed by atoms with Crippen LogP contribution in [-0.2, 0) is 40.0 Å². The Kier molecular flexibility index (Phi) is 12.8. The number of sulfonamides is 1. The van der Waals surface area contributed by atoms with Gasteiger partial charge in [-0.2, -0.15) is 4.31 Å². The summed E-state index contributed by atoms with van der Waals surface area (Å²) >= 11 is 0. The van der Waals surface area contributed by atoms with Crippen molar-refractivity contribution in [3.05, 3.63) is 54.1 Å². The van der Waals surface area contributed by atoms with Crippen molar-refractivity contribution in [3.63, 3.8) is 0 Å². The largest absolute Gasteiger partial charge is 0.497 e. The molecule has 18 heteroatoms. The van der Waals surface area contributed by atoms with Crippen molar-refractivity contribution in [2.24, 2.45) is 11.8 Å². The van der Waals surface area contributed by atoms with Gasteiger partial charge >= 0.3 is 13.7 Å². The number of aliphatic hydroxyl groups excluding tert-OH is 1. The molecule has 0 saturated carbocycles. The molecule has 3 fully saturated rings. The second-order valence-corrected chi connectivity index (χ2v) is 16.2. The first-order valence-electron chi connectivity index (χ1n) is 16.3. The summed E-state index contributed by atoms with van der Waals surface area (Å²) < 4.78 is 67.7. The summed E-state index contributed by atoms with van der Waals surface area (Å²) in [6, 6.07) is 11.1. The fourth-order valence-corrected chi connectivity index (χ4v) is 8.17. The fraction of sp³-hybridized carbons (Fsp3) is 0.562. The number of nitrogens with zero attached hydrogens (tertiary/aromatic N) is 2. The SMILES string of the molecule is COc1ccc(S(=O)(=O)N(CC2CCN(C=O)CC2)C[C@@H](O)[C@H](Cc2ccc(OCP(=O)(O)O)cc2)NC(=O)O[C@H]2CO[C@H]3OCC[C@H]32)cc1. The smallest absolute Gasteiger partial charge is 0.407 e. The Morgan fingerprint density at radius 2 is 1.76 bits per heavy atom. The van der Waals surface area contributed by atoms with E-state index in [1.165, 1.54) is 47.8 Å². The van der Waals surface area contributed by atoms with Crippen LogP contribution < -0.4 is 14.8 Å². The summed E-state index contributed by atoms with van der Waals surface area (Å²) in [5.41, 5.74) is 0.608. The van der Waals surface area contributed by atoms with Crippen LogP contribution in [0.2, 0.25) is 0 Å². The monoisotopic (exact) mass is 741 g/mol. The third-order valence-corrected chi connectivity index (χ3v) is 11.4. The summed E-state index contributed by atoms with van der Waals surface area (Å²) in [6.45, 7) is 1.30. The van der Waals surface area contributed by atoms with Gasteiger partial charge in [0.2, 0.25) is 16.4 Å². The number of hydrogen-bond donors (Lipinski definition) is 4. The van der Waals surface area contributed by atoms with Crippen LogP contribution in [-0.4, -0.2) is 122 Å². The third kappa shape index (κ3) is 10.2. The lowest BCUT2D eigenvalue weighted by atomic mass is 9.96. The molecular weight excluding hydrogens is 697 g/mol. The molecule has 276 valence electrons. The number of benzene rings is 2. The van der Waals surface area contributed by atoms with Crippen molar-refractivity contribution >= 4 is 30.1 Å². The third-order valence-electron chi connectivity index (χ3n) is 9.14. The average Bonchev–Trinajstić information content (AvgIpc) is 3.72. The first kappa shape index (κ1) is 38.0. The highest BCUT2D eigenvalue weighted by molar-refractivity contribution is 7.89. The number of rotatable bonds is 16. The molecule has 0 spiro atoms. The van der Waals surface area contributed by atoms with E-state index in [1.54, 1.807) is 17.0 Å². The van der Waals surface area contributed by atoms with Crippen molar-refractivity contribution in [2.45, 2.75) is 55.1 Å². The zero-order valence-corrected chi connectivity index (χ0v) is 29.3.